The number of nitriles is 2. The molecule has 0 bridgehead atoms. The first-order valence-electron chi connectivity index (χ1n) is 5.68. The van der Waals surface area contributed by atoms with E-state index in [1.165, 1.54) is 0 Å². The summed E-state index contributed by atoms with van der Waals surface area (Å²) in [7, 11) is 0. The quantitative estimate of drug-likeness (QED) is 0.765. The van der Waals surface area contributed by atoms with Crippen molar-refractivity contribution in [1.82, 2.24) is 4.98 Å². The van der Waals surface area contributed by atoms with Crippen molar-refractivity contribution in [3.05, 3.63) is 34.1 Å². The molecule has 1 aromatic rings. The maximum atomic E-state index is 9.31. The maximum absolute atomic E-state index is 9.31. The topological polar surface area (TPSA) is 63.7 Å². The molecule has 90 valence electrons. The summed E-state index contributed by atoms with van der Waals surface area (Å²) < 4.78 is 0. The monoisotopic (exact) mass is 258 g/mol. The Morgan fingerprint density at radius 3 is 2.61 bits per heavy atom. The molecule has 2 heterocycles. The first-order valence-corrected chi connectivity index (χ1v) is 6.06. The van der Waals surface area contributed by atoms with E-state index in [1.54, 1.807) is 0 Å². The Kier molecular flexibility index (Phi) is 3.50. The lowest BCUT2D eigenvalue weighted by Crippen LogP contribution is -2.17. The van der Waals surface area contributed by atoms with Crippen molar-refractivity contribution in [3.8, 4) is 12.1 Å². The van der Waals surface area contributed by atoms with Gasteiger partial charge in [-0.2, -0.15) is 10.5 Å². The van der Waals surface area contributed by atoms with Gasteiger partial charge in [0.1, 0.15) is 17.3 Å². The van der Waals surface area contributed by atoms with E-state index in [9.17, 15) is 5.26 Å². The standard InChI is InChI=1S/C13H11ClN4/c1-2-9-10(7-15)12(14)17-13(11(9)8-16)18-5-3-4-6-18/h3,5H,2,4,6H2,1H3. The molecular weight excluding hydrogens is 248 g/mol. The molecule has 1 aliphatic heterocycles. The average molecular weight is 259 g/mol. The van der Waals surface area contributed by atoms with Gasteiger partial charge < -0.3 is 4.90 Å². The van der Waals surface area contributed by atoms with Crippen LogP contribution in [0.15, 0.2) is 12.3 Å². The van der Waals surface area contributed by atoms with Gasteiger partial charge in [0.2, 0.25) is 0 Å². The Morgan fingerprint density at radius 1 is 1.39 bits per heavy atom. The second-order valence-corrected chi connectivity index (χ2v) is 4.26. The minimum Gasteiger partial charge on any atom is -0.332 e. The van der Waals surface area contributed by atoms with Crippen LogP contribution in [0, 0.1) is 22.7 Å². The molecule has 1 aliphatic rings. The first-order chi connectivity index (χ1) is 8.72. The minimum atomic E-state index is 0.170. The molecule has 0 amide bonds. The van der Waals surface area contributed by atoms with Crippen LogP contribution in [0.25, 0.3) is 0 Å². The van der Waals surface area contributed by atoms with Gasteiger partial charge in [0.25, 0.3) is 0 Å². The zero-order valence-corrected chi connectivity index (χ0v) is 10.7. The maximum Gasteiger partial charge on any atom is 0.152 e. The molecule has 0 saturated heterocycles. The van der Waals surface area contributed by atoms with E-state index in [2.05, 4.69) is 11.1 Å². The molecule has 0 aliphatic carbocycles. The smallest absolute Gasteiger partial charge is 0.152 e. The van der Waals surface area contributed by atoms with E-state index in [-0.39, 0.29) is 5.15 Å². The Labute approximate surface area is 111 Å². The van der Waals surface area contributed by atoms with E-state index < -0.39 is 0 Å². The molecule has 4 nitrogen and oxygen atoms in total. The van der Waals surface area contributed by atoms with Crippen molar-refractivity contribution >= 4 is 17.4 Å². The largest absolute Gasteiger partial charge is 0.332 e. The van der Waals surface area contributed by atoms with E-state index in [0.29, 0.717) is 28.9 Å². The number of anilines is 1. The zero-order valence-electron chi connectivity index (χ0n) is 9.94. The van der Waals surface area contributed by atoms with Crippen LogP contribution in [-0.2, 0) is 6.42 Å². The molecule has 0 unspecified atom stereocenters. The lowest BCUT2D eigenvalue weighted by Gasteiger charge is -2.18. The molecule has 0 spiro atoms. The predicted molar refractivity (Wildman–Crippen MR) is 69.2 cm³/mol. The number of hydrogen-bond donors (Lipinski definition) is 0. The highest BCUT2D eigenvalue weighted by Crippen LogP contribution is 2.30. The van der Waals surface area contributed by atoms with Crippen molar-refractivity contribution < 1.29 is 0 Å². The second kappa shape index (κ2) is 5.08. The van der Waals surface area contributed by atoms with Gasteiger partial charge in [-0.1, -0.05) is 24.6 Å². The molecule has 0 fully saturated rings. The summed E-state index contributed by atoms with van der Waals surface area (Å²) in [6.45, 7) is 2.68. The van der Waals surface area contributed by atoms with Crippen molar-refractivity contribution in [2.24, 2.45) is 0 Å². The molecule has 0 N–H and O–H groups in total. The number of pyridine rings is 1. The molecule has 2 rings (SSSR count). The van der Waals surface area contributed by atoms with Crippen LogP contribution in [0.2, 0.25) is 5.15 Å². The van der Waals surface area contributed by atoms with E-state index in [0.717, 1.165) is 13.0 Å². The summed E-state index contributed by atoms with van der Waals surface area (Å²) in [5.41, 5.74) is 1.43. The van der Waals surface area contributed by atoms with Gasteiger partial charge in [0.05, 0.1) is 11.1 Å². The molecule has 0 saturated carbocycles. The molecule has 0 atom stereocenters. The van der Waals surface area contributed by atoms with Gasteiger partial charge in [-0.15, -0.1) is 0 Å². The summed E-state index contributed by atoms with van der Waals surface area (Å²) in [6, 6.07) is 4.17. The molecular formula is C13H11ClN4. The van der Waals surface area contributed by atoms with Crippen LogP contribution in [0.1, 0.15) is 30.0 Å². The Morgan fingerprint density at radius 2 is 2.11 bits per heavy atom. The van der Waals surface area contributed by atoms with E-state index in [4.69, 9.17) is 16.9 Å². The van der Waals surface area contributed by atoms with Crippen molar-refractivity contribution in [1.29, 1.82) is 10.5 Å². The summed E-state index contributed by atoms with van der Waals surface area (Å²) in [5.74, 6) is 0.548. The fraction of sp³-hybridized carbons (Fsp3) is 0.308. The zero-order chi connectivity index (χ0) is 13.1. The van der Waals surface area contributed by atoms with Crippen LogP contribution in [0.5, 0.6) is 0 Å². The van der Waals surface area contributed by atoms with Crippen molar-refractivity contribution in [3.63, 3.8) is 0 Å². The van der Waals surface area contributed by atoms with E-state index >= 15 is 0 Å². The van der Waals surface area contributed by atoms with Crippen LogP contribution in [0.3, 0.4) is 0 Å². The van der Waals surface area contributed by atoms with Crippen LogP contribution < -0.4 is 4.90 Å². The highest BCUT2D eigenvalue weighted by molar-refractivity contribution is 6.30. The number of aromatic nitrogens is 1. The van der Waals surface area contributed by atoms with Gasteiger partial charge in [0, 0.05) is 12.7 Å². The first kappa shape index (κ1) is 12.4. The fourth-order valence-electron chi connectivity index (χ4n) is 2.05. The summed E-state index contributed by atoms with van der Waals surface area (Å²) >= 11 is 6.03. The predicted octanol–water partition coefficient (Wildman–Crippen LogP) is 2.76. The normalized spacial score (nSPS) is 13.4. The van der Waals surface area contributed by atoms with Crippen LogP contribution in [-0.4, -0.2) is 11.5 Å². The number of rotatable bonds is 2. The lowest BCUT2D eigenvalue weighted by molar-refractivity contribution is 0.958. The van der Waals surface area contributed by atoms with Gasteiger partial charge in [0.15, 0.2) is 5.82 Å². The Hall–Kier alpha value is -2.04. The Bertz CT molecular complexity index is 592. The van der Waals surface area contributed by atoms with Crippen LogP contribution >= 0.6 is 11.6 Å². The summed E-state index contributed by atoms with van der Waals surface area (Å²) in [5, 5.41) is 18.6. The molecule has 5 heteroatoms. The van der Waals surface area contributed by atoms with Crippen molar-refractivity contribution in [2.45, 2.75) is 19.8 Å². The van der Waals surface area contributed by atoms with Crippen LogP contribution in [0.4, 0.5) is 5.82 Å². The SMILES string of the molecule is CCc1c(C#N)c(Cl)nc(N2C=CCC2)c1C#N. The highest BCUT2D eigenvalue weighted by Gasteiger charge is 2.21. The molecule has 18 heavy (non-hydrogen) atoms. The number of halogens is 1. The third-order valence-electron chi connectivity index (χ3n) is 2.91. The van der Waals surface area contributed by atoms with Crippen molar-refractivity contribution in [2.75, 3.05) is 11.4 Å². The molecule has 1 aromatic heterocycles. The van der Waals surface area contributed by atoms with Gasteiger partial charge in [-0.05, 0) is 18.4 Å². The molecule has 0 radical (unpaired) electrons. The summed E-state index contributed by atoms with van der Waals surface area (Å²) in [6.07, 6.45) is 5.41. The van der Waals surface area contributed by atoms with E-state index in [1.807, 2.05) is 30.2 Å². The molecule has 0 aromatic carbocycles. The Balaban J connectivity index is 2.68. The highest BCUT2D eigenvalue weighted by atomic mass is 35.5. The number of hydrogen-bond acceptors (Lipinski definition) is 4. The third kappa shape index (κ3) is 1.92. The fourth-order valence-corrected chi connectivity index (χ4v) is 2.28. The average Bonchev–Trinajstić information content (AvgIpc) is 2.90. The summed E-state index contributed by atoms with van der Waals surface area (Å²) in [4.78, 5) is 6.09. The minimum absolute atomic E-state index is 0.170. The third-order valence-corrected chi connectivity index (χ3v) is 3.18. The lowest BCUT2D eigenvalue weighted by atomic mass is 10.0. The van der Waals surface area contributed by atoms with Gasteiger partial charge in [-0.3, -0.25) is 0 Å². The van der Waals surface area contributed by atoms with Gasteiger partial charge in [-0.25, -0.2) is 4.98 Å². The second-order valence-electron chi connectivity index (χ2n) is 3.90. The van der Waals surface area contributed by atoms with Gasteiger partial charge >= 0.3 is 0 Å². The number of nitrogens with zero attached hydrogens (tertiary/aromatic N) is 4.